The number of tetrazole rings is 1. The van der Waals surface area contributed by atoms with E-state index in [1.807, 2.05) is 35.0 Å². The van der Waals surface area contributed by atoms with Gasteiger partial charge in [-0.1, -0.05) is 6.07 Å². The first kappa shape index (κ1) is 21.7. The molecule has 10 heteroatoms. The van der Waals surface area contributed by atoms with E-state index in [0.29, 0.717) is 31.7 Å². The van der Waals surface area contributed by atoms with Crippen LogP contribution in [0.4, 0.5) is 0 Å². The van der Waals surface area contributed by atoms with Crippen LogP contribution in [-0.2, 0) is 30.9 Å². The highest BCUT2D eigenvalue weighted by molar-refractivity contribution is 7.09. The third kappa shape index (κ3) is 5.13. The van der Waals surface area contributed by atoms with Crippen LogP contribution in [0.1, 0.15) is 29.1 Å². The summed E-state index contributed by atoms with van der Waals surface area (Å²) in [7, 11) is 1.64. The Morgan fingerprint density at radius 1 is 1.27 bits per heavy atom. The minimum Gasteiger partial charge on any atom is -0.497 e. The molecule has 0 unspecified atom stereocenters. The van der Waals surface area contributed by atoms with Crippen molar-refractivity contribution in [1.29, 1.82) is 0 Å². The van der Waals surface area contributed by atoms with E-state index in [9.17, 15) is 4.79 Å². The summed E-state index contributed by atoms with van der Waals surface area (Å²) >= 11 is 1.69. The van der Waals surface area contributed by atoms with Gasteiger partial charge in [0.1, 0.15) is 5.75 Å². The van der Waals surface area contributed by atoms with Crippen LogP contribution in [-0.4, -0.2) is 49.9 Å². The summed E-state index contributed by atoms with van der Waals surface area (Å²) in [5.74, 6) is 1.52. The Morgan fingerprint density at radius 2 is 2.21 bits per heavy atom. The molecule has 9 nitrogen and oxygen atoms in total. The number of hydrogen-bond donors (Lipinski definition) is 1. The number of aromatic nitrogens is 5. The third-order valence-electron chi connectivity index (χ3n) is 5.85. The standard InChI is InChI=1S/C23H26N6O3S/c1-31-18-6-7-21-16(11-18)10-17(23(30)24-21)12-28(14-20-5-3-9-33-20)15-22-25-26-27-29(22)13-19-4-2-8-32-19/h3,5-7,9-11,19H,2,4,8,12-15H2,1H3,(H,24,30)/t19-/m1/s1. The Hall–Kier alpha value is -3.08. The highest BCUT2D eigenvalue weighted by atomic mass is 32.1. The molecule has 33 heavy (non-hydrogen) atoms. The Kier molecular flexibility index (Phi) is 6.47. The topological polar surface area (TPSA) is 98.2 Å². The molecular formula is C23H26N6O3S. The molecule has 0 radical (unpaired) electrons. The first-order valence-electron chi connectivity index (χ1n) is 11.0. The average Bonchev–Trinajstić information content (AvgIpc) is 3.59. The van der Waals surface area contributed by atoms with Gasteiger partial charge in [0, 0.05) is 41.0 Å². The van der Waals surface area contributed by atoms with Crippen LogP contribution >= 0.6 is 11.3 Å². The maximum absolute atomic E-state index is 12.9. The number of ether oxygens (including phenoxy) is 2. The van der Waals surface area contributed by atoms with Gasteiger partial charge in [-0.05, 0) is 59.0 Å². The number of nitrogens with zero attached hydrogens (tertiary/aromatic N) is 5. The molecule has 4 heterocycles. The molecule has 5 rings (SSSR count). The van der Waals surface area contributed by atoms with Gasteiger partial charge in [0.15, 0.2) is 5.82 Å². The fraction of sp³-hybridized carbons (Fsp3) is 0.391. The van der Waals surface area contributed by atoms with Crippen LogP contribution in [0.5, 0.6) is 5.75 Å². The van der Waals surface area contributed by atoms with Gasteiger partial charge in [-0.25, -0.2) is 4.68 Å². The number of fused-ring (bicyclic) bond motifs is 1. The van der Waals surface area contributed by atoms with E-state index in [4.69, 9.17) is 9.47 Å². The number of thiophene rings is 1. The van der Waals surface area contributed by atoms with Crippen molar-refractivity contribution in [3.63, 3.8) is 0 Å². The Balaban J connectivity index is 1.41. The van der Waals surface area contributed by atoms with Crippen molar-refractivity contribution >= 4 is 22.2 Å². The lowest BCUT2D eigenvalue weighted by Gasteiger charge is -2.21. The highest BCUT2D eigenvalue weighted by Gasteiger charge is 2.21. The molecule has 1 aromatic carbocycles. The predicted octanol–water partition coefficient (Wildman–Crippen LogP) is 2.97. The number of aromatic amines is 1. The van der Waals surface area contributed by atoms with Crippen LogP contribution in [0.15, 0.2) is 46.6 Å². The van der Waals surface area contributed by atoms with Crippen molar-refractivity contribution < 1.29 is 9.47 Å². The molecule has 1 aliphatic heterocycles. The van der Waals surface area contributed by atoms with Crippen LogP contribution in [0, 0.1) is 0 Å². The Morgan fingerprint density at radius 3 is 3.00 bits per heavy atom. The monoisotopic (exact) mass is 466 g/mol. The van der Waals surface area contributed by atoms with E-state index < -0.39 is 0 Å². The van der Waals surface area contributed by atoms with E-state index in [0.717, 1.165) is 41.9 Å². The van der Waals surface area contributed by atoms with E-state index in [2.05, 4.69) is 36.9 Å². The Bertz CT molecular complexity index is 1260. The second-order valence-electron chi connectivity index (χ2n) is 8.21. The lowest BCUT2D eigenvalue weighted by Crippen LogP contribution is -2.28. The molecule has 0 spiro atoms. The summed E-state index contributed by atoms with van der Waals surface area (Å²) in [4.78, 5) is 19.3. The summed E-state index contributed by atoms with van der Waals surface area (Å²) in [5, 5.41) is 15.3. The summed E-state index contributed by atoms with van der Waals surface area (Å²) < 4.78 is 12.9. The van der Waals surface area contributed by atoms with Gasteiger partial charge >= 0.3 is 0 Å². The summed E-state index contributed by atoms with van der Waals surface area (Å²) in [6, 6.07) is 11.7. The number of hydrogen-bond acceptors (Lipinski definition) is 8. The third-order valence-corrected chi connectivity index (χ3v) is 6.71. The molecule has 0 aliphatic carbocycles. The molecule has 0 saturated carbocycles. The van der Waals surface area contributed by atoms with Crippen molar-refractivity contribution in [3.05, 3.63) is 68.4 Å². The lowest BCUT2D eigenvalue weighted by molar-refractivity contribution is 0.0915. The zero-order valence-corrected chi connectivity index (χ0v) is 19.3. The minimum absolute atomic E-state index is 0.0946. The maximum Gasteiger partial charge on any atom is 0.252 e. The summed E-state index contributed by atoms with van der Waals surface area (Å²) in [6.07, 6.45) is 2.24. The van der Waals surface area contributed by atoms with Gasteiger partial charge in [-0.2, -0.15) is 0 Å². The van der Waals surface area contributed by atoms with E-state index in [-0.39, 0.29) is 11.7 Å². The van der Waals surface area contributed by atoms with Gasteiger partial charge < -0.3 is 14.5 Å². The van der Waals surface area contributed by atoms with Gasteiger partial charge in [0.05, 0.1) is 26.3 Å². The summed E-state index contributed by atoms with van der Waals surface area (Å²) in [5.41, 5.74) is 1.38. The largest absolute Gasteiger partial charge is 0.497 e. The van der Waals surface area contributed by atoms with Gasteiger partial charge in [-0.3, -0.25) is 9.69 Å². The second kappa shape index (κ2) is 9.82. The molecule has 1 N–H and O–H groups in total. The lowest BCUT2D eigenvalue weighted by atomic mass is 10.1. The molecular weight excluding hydrogens is 440 g/mol. The van der Waals surface area contributed by atoms with Crippen molar-refractivity contribution in [3.8, 4) is 5.75 Å². The molecule has 4 aromatic rings. The van der Waals surface area contributed by atoms with Gasteiger partial charge in [0.25, 0.3) is 5.56 Å². The molecule has 0 bridgehead atoms. The number of nitrogens with one attached hydrogen (secondary N) is 1. The molecule has 3 aromatic heterocycles. The quantitative estimate of drug-likeness (QED) is 0.405. The zero-order valence-electron chi connectivity index (χ0n) is 18.4. The minimum atomic E-state index is -0.0946. The number of benzene rings is 1. The van der Waals surface area contributed by atoms with E-state index >= 15 is 0 Å². The fourth-order valence-corrected chi connectivity index (χ4v) is 4.91. The molecule has 1 aliphatic rings. The zero-order chi connectivity index (χ0) is 22.6. The van der Waals surface area contributed by atoms with Crippen LogP contribution in [0.25, 0.3) is 10.9 Å². The van der Waals surface area contributed by atoms with Gasteiger partial charge in [-0.15, -0.1) is 16.4 Å². The Labute approximate surface area is 194 Å². The van der Waals surface area contributed by atoms with Crippen molar-refractivity contribution in [1.82, 2.24) is 30.1 Å². The first-order valence-corrected chi connectivity index (χ1v) is 11.9. The predicted molar refractivity (Wildman–Crippen MR) is 125 cm³/mol. The molecule has 0 amide bonds. The van der Waals surface area contributed by atoms with Crippen LogP contribution < -0.4 is 10.3 Å². The summed E-state index contributed by atoms with van der Waals surface area (Å²) in [6.45, 7) is 3.12. The van der Waals surface area contributed by atoms with E-state index in [1.54, 1.807) is 18.4 Å². The maximum atomic E-state index is 12.9. The second-order valence-corrected chi connectivity index (χ2v) is 9.25. The molecule has 1 saturated heterocycles. The number of H-pyrrole nitrogens is 1. The fourth-order valence-electron chi connectivity index (χ4n) is 4.17. The molecule has 1 atom stereocenters. The normalized spacial score (nSPS) is 16.1. The first-order chi connectivity index (χ1) is 16.2. The molecule has 172 valence electrons. The van der Waals surface area contributed by atoms with E-state index in [1.165, 1.54) is 4.88 Å². The SMILES string of the molecule is COc1ccc2[nH]c(=O)c(CN(Cc3cccs3)Cc3nnnn3C[C@H]3CCCO3)cc2c1. The molecule has 1 fully saturated rings. The number of rotatable bonds is 9. The smallest absolute Gasteiger partial charge is 0.252 e. The van der Waals surface area contributed by atoms with Crippen molar-refractivity contribution in [2.75, 3.05) is 13.7 Å². The highest BCUT2D eigenvalue weighted by Crippen LogP contribution is 2.21. The average molecular weight is 467 g/mol. The van der Waals surface area contributed by atoms with Gasteiger partial charge in [0.2, 0.25) is 0 Å². The van der Waals surface area contributed by atoms with Crippen LogP contribution in [0.3, 0.4) is 0 Å². The van der Waals surface area contributed by atoms with Crippen molar-refractivity contribution in [2.45, 2.75) is 45.1 Å². The number of methoxy groups -OCH3 is 1. The van der Waals surface area contributed by atoms with Crippen LogP contribution in [0.2, 0.25) is 0 Å². The van der Waals surface area contributed by atoms with Crippen molar-refractivity contribution in [2.24, 2.45) is 0 Å². The number of pyridine rings is 1.